The molecule has 2 aromatic heterocycles. The third kappa shape index (κ3) is 4.12. The van der Waals surface area contributed by atoms with E-state index in [9.17, 15) is 4.79 Å². The molecule has 1 N–H and O–H groups in total. The molecule has 4 aromatic rings. The van der Waals surface area contributed by atoms with E-state index in [1.165, 1.54) is 0 Å². The van der Waals surface area contributed by atoms with E-state index in [2.05, 4.69) is 10.4 Å². The summed E-state index contributed by atoms with van der Waals surface area (Å²) in [5.41, 5.74) is 0.555. The number of nitrogens with one attached hydrogen (secondary N) is 1. The molecular formula is C22H19N3O3. The van der Waals surface area contributed by atoms with Crippen LogP contribution in [0.25, 0.3) is 0 Å². The van der Waals surface area contributed by atoms with Gasteiger partial charge in [-0.3, -0.25) is 9.48 Å². The number of hydrogen-bond acceptors (Lipinski definition) is 4. The summed E-state index contributed by atoms with van der Waals surface area (Å²) in [5.74, 6) is 1.98. The molecule has 0 radical (unpaired) electrons. The lowest BCUT2D eigenvalue weighted by atomic mass is 10.2. The van der Waals surface area contributed by atoms with Crippen LogP contribution in [-0.2, 0) is 0 Å². The third-order valence-corrected chi connectivity index (χ3v) is 4.27. The Kier molecular flexibility index (Phi) is 5.20. The van der Waals surface area contributed by atoms with Gasteiger partial charge in [-0.2, -0.15) is 5.10 Å². The minimum Gasteiger partial charge on any atom is -0.467 e. The maximum absolute atomic E-state index is 12.5. The number of amides is 1. The lowest BCUT2D eigenvalue weighted by molar-refractivity contribution is 0.0948. The van der Waals surface area contributed by atoms with E-state index in [1.807, 2.05) is 54.7 Å². The maximum Gasteiger partial charge on any atom is 0.251 e. The van der Waals surface area contributed by atoms with Crippen molar-refractivity contribution >= 4 is 5.91 Å². The number of para-hydroxylation sites is 1. The summed E-state index contributed by atoms with van der Waals surface area (Å²) in [6, 6.07) is 21.9. The largest absolute Gasteiger partial charge is 0.467 e. The van der Waals surface area contributed by atoms with Crippen molar-refractivity contribution in [2.45, 2.75) is 6.04 Å². The van der Waals surface area contributed by atoms with E-state index < -0.39 is 0 Å². The number of carbonyl (C=O) groups is 1. The summed E-state index contributed by atoms with van der Waals surface area (Å²) in [4.78, 5) is 12.5. The fourth-order valence-electron chi connectivity index (χ4n) is 2.86. The van der Waals surface area contributed by atoms with Crippen LogP contribution in [0.5, 0.6) is 11.5 Å². The van der Waals surface area contributed by atoms with Crippen LogP contribution in [0.2, 0.25) is 0 Å². The summed E-state index contributed by atoms with van der Waals surface area (Å²) in [6.45, 7) is 0.357. The molecule has 28 heavy (non-hydrogen) atoms. The van der Waals surface area contributed by atoms with Crippen LogP contribution >= 0.6 is 0 Å². The van der Waals surface area contributed by atoms with Crippen molar-refractivity contribution in [3.8, 4) is 11.5 Å². The van der Waals surface area contributed by atoms with Crippen LogP contribution in [0.15, 0.2) is 95.9 Å². The summed E-state index contributed by atoms with van der Waals surface area (Å²) in [6.07, 6.45) is 5.15. The van der Waals surface area contributed by atoms with Crippen molar-refractivity contribution in [3.63, 3.8) is 0 Å². The van der Waals surface area contributed by atoms with Gasteiger partial charge in [0.05, 0.1) is 6.26 Å². The SMILES string of the molecule is O=C(NCC(c1ccco1)n1cccn1)c1ccc(Oc2ccccc2)cc1. The standard InChI is InChI=1S/C22H19N3O3/c26-22(17-9-11-19(12-10-17)28-18-6-2-1-3-7-18)23-16-20(21-8-4-15-27-21)25-14-5-13-24-25/h1-15,20H,16H2,(H,23,26). The Morgan fingerprint density at radius 1 is 1.00 bits per heavy atom. The van der Waals surface area contributed by atoms with Gasteiger partial charge in [0.2, 0.25) is 0 Å². The Morgan fingerprint density at radius 3 is 2.46 bits per heavy atom. The van der Waals surface area contributed by atoms with Crippen LogP contribution in [0.1, 0.15) is 22.2 Å². The first kappa shape index (κ1) is 17.6. The van der Waals surface area contributed by atoms with Crippen molar-refractivity contribution in [1.82, 2.24) is 15.1 Å². The lowest BCUT2D eigenvalue weighted by Crippen LogP contribution is -2.31. The Bertz CT molecular complexity index is 961. The van der Waals surface area contributed by atoms with E-state index >= 15 is 0 Å². The van der Waals surface area contributed by atoms with Gasteiger partial charge >= 0.3 is 0 Å². The molecule has 0 aliphatic carbocycles. The summed E-state index contributed by atoms with van der Waals surface area (Å²) in [7, 11) is 0. The second-order valence-corrected chi connectivity index (χ2v) is 6.17. The maximum atomic E-state index is 12.5. The van der Waals surface area contributed by atoms with Gasteiger partial charge in [0.25, 0.3) is 5.91 Å². The van der Waals surface area contributed by atoms with Gasteiger partial charge in [0.1, 0.15) is 23.3 Å². The molecule has 6 nitrogen and oxygen atoms in total. The first-order chi connectivity index (χ1) is 13.8. The van der Waals surface area contributed by atoms with Crippen LogP contribution in [-0.4, -0.2) is 22.2 Å². The second kappa shape index (κ2) is 8.26. The molecule has 140 valence electrons. The quantitative estimate of drug-likeness (QED) is 0.525. The molecule has 0 saturated heterocycles. The molecule has 1 atom stereocenters. The molecule has 0 aliphatic heterocycles. The van der Waals surface area contributed by atoms with Crippen molar-refractivity contribution in [2.75, 3.05) is 6.54 Å². The zero-order chi connectivity index (χ0) is 19.2. The zero-order valence-corrected chi connectivity index (χ0v) is 15.1. The number of hydrogen-bond donors (Lipinski definition) is 1. The highest BCUT2D eigenvalue weighted by Gasteiger charge is 2.18. The van der Waals surface area contributed by atoms with Gasteiger partial charge in [-0.1, -0.05) is 18.2 Å². The average molecular weight is 373 g/mol. The molecule has 0 bridgehead atoms. The van der Waals surface area contributed by atoms with Gasteiger partial charge in [0.15, 0.2) is 0 Å². The lowest BCUT2D eigenvalue weighted by Gasteiger charge is -2.16. The van der Waals surface area contributed by atoms with Crippen LogP contribution < -0.4 is 10.1 Å². The number of furan rings is 1. The summed E-state index contributed by atoms with van der Waals surface area (Å²) >= 11 is 0. The molecule has 0 saturated carbocycles. The van der Waals surface area contributed by atoms with Gasteiger partial charge in [-0.15, -0.1) is 0 Å². The molecule has 2 aromatic carbocycles. The average Bonchev–Trinajstić information content (AvgIpc) is 3.44. The highest BCUT2D eigenvalue weighted by atomic mass is 16.5. The Balaban J connectivity index is 1.40. The van der Waals surface area contributed by atoms with E-state index in [0.717, 1.165) is 11.5 Å². The van der Waals surface area contributed by atoms with Crippen LogP contribution in [0, 0.1) is 0 Å². The van der Waals surface area contributed by atoms with E-state index in [4.69, 9.17) is 9.15 Å². The minimum absolute atomic E-state index is 0.171. The number of benzene rings is 2. The number of nitrogens with zero attached hydrogens (tertiary/aromatic N) is 2. The normalized spacial score (nSPS) is 11.7. The first-order valence-corrected chi connectivity index (χ1v) is 8.93. The number of carbonyl (C=O) groups excluding carboxylic acids is 1. The fraction of sp³-hybridized carbons (Fsp3) is 0.0909. The molecule has 1 unspecified atom stereocenters. The monoisotopic (exact) mass is 373 g/mol. The van der Waals surface area contributed by atoms with Crippen molar-refractivity contribution in [1.29, 1.82) is 0 Å². The smallest absolute Gasteiger partial charge is 0.251 e. The number of aromatic nitrogens is 2. The fourth-order valence-corrected chi connectivity index (χ4v) is 2.86. The van der Waals surface area contributed by atoms with Gasteiger partial charge in [0, 0.05) is 24.5 Å². The van der Waals surface area contributed by atoms with Gasteiger partial charge in [-0.25, -0.2) is 0 Å². The molecule has 0 fully saturated rings. The Hall–Kier alpha value is -3.80. The first-order valence-electron chi connectivity index (χ1n) is 8.93. The predicted octanol–water partition coefficient (Wildman–Crippen LogP) is 4.29. The summed E-state index contributed by atoms with van der Waals surface area (Å²) < 4.78 is 13.0. The van der Waals surface area contributed by atoms with Gasteiger partial charge < -0.3 is 14.5 Å². The highest BCUT2D eigenvalue weighted by molar-refractivity contribution is 5.94. The molecule has 6 heteroatoms. The topological polar surface area (TPSA) is 69.3 Å². The molecule has 4 rings (SSSR count). The van der Waals surface area contributed by atoms with Crippen molar-refractivity contribution in [3.05, 3.63) is 103 Å². The number of rotatable bonds is 7. The minimum atomic E-state index is -0.213. The Labute approximate surface area is 162 Å². The van der Waals surface area contributed by atoms with Gasteiger partial charge in [-0.05, 0) is 54.6 Å². The zero-order valence-electron chi connectivity index (χ0n) is 15.1. The third-order valence-electron chi connectivity index (χ3n) is 4.27. The van der Waals surface area contributed by atoms with E-state index in [1.54, 1.807) is 41.4 Å². The predicted molar refractivity (Wildman–Crippen MR) is 104 cm³/mol. The molecule has 1 amide bonds. The number of ether oxygens (including phenoxy) is 1. The summed E-state index contributed by atoms with van der Waals surface area (Å²) in [5, 5.41) is 7.21. The Morgan fingerprint density at radius 2 is 1.79 bits per heavy atom. The van der Waals surface area contributed by atoms with Crippen LogP contribution in [0.4, 0.5) is 0 Å². The highest BCUT2D eigenvalue weighted by Crippen LogP contribution is 2.21. The van der Waals surface area contributed by atoms with E-state index in [0.29, 0.717) is 17.9 Å². The second-order valence-electron chi connectivity index (χ2n) is 6.17. The van der Waals surface area contributed by atoms with Crippen molar-refractivity contribution in [2.24, 2.45) is 0 Å². The van der Waals surface area contributed by atoms with E-state index in [-0.39, 0.29) is 11.9 Å². The molecular weight excluding hydrogens is 354 g/mol. The molecule has 0 aliphatic rings. The van der Waals surface area contributed by atoms with Crippen LogP contribution in [0.3, 0.4) is 0 Å². The van der Waals surface area contributed by atoms with Crippen molar-refractivity contribution < 1.29 is 13.9 Å². The molecule has 0 spiro atoms. The molecule has 2 heterocycles.